The Hall–Kier alpha value is -1.91. The standard InChI is InChI=1S/C20H30N2O3/c1-20(2)12-14-10-17(24-3)18(25-4)11-15(14)13-22(20)19(23)21-16-8-6-5-7-9-16/h10-11,16H,5-9,12-13H2,1-4H3,(H,21,23). The van der Waals surface area contributed by atoms with Gasteiger partial charge in [0.05, 0.1) is 14.2 Å². The summed E-state index contributed by atoms with van der Waals surface area (Å²) in [7, 11) is 3.30. The Labute approximate surface area is 150 Å². The summed E-state index contributed by atoms with van der Waals surface area (Å²) in [6.07, 6.45) is 6.73. The second-order valence-corrected chi connectivity index (χ2v) is 7.84. The fourth-order valence-corrected chi connectivity index (χ4v) is 4.07. The summed E-state index contributed by atoms with van der Waals surface area (Å²) in [6.45, 7) is 4.86. The van der Waals surface area contributed by atoms with Gasteiger partial charge < -0.3 is 19.7 Å². The molecule has 0 spiro atoms. The number of nitrogens with zero attached hydrogens (tertiary/aromatic N) is 1. The van der Waals surface area contributed by atoms with Crippen LogP contribution in [0.3, 0.4) is 0 Å². The second-order valence-electron chi connectivity index (χ2n) is 7.84. The zero-order valence-electron chi connectivity index (χ0n) is 15.9. The van der Waals surface area contributed by atoms with Crippen LogP contribution in [0.25, 0.3) is 0 Å². The number of fused-ring (bicyclic) bond motifs is 1. The number of methoxy groups -OCH3 is 2. The first-order chi connectivity index (χ1) is 11.9. The van der Waals surface area contributed by atoms with Crippen molar-refractivity contribution in [3.8, 4) is 11.5 Å². The predicted octanol–water partition coefficient (Wildman–Crippen LogP) is 3.88. The fraction of sp³-hybridized carbons (Fsp3) is 0.650. The fourth-order valence-electron chi connectivity index (χ4n) is 4.07. The lowest BCUT2D eigenvalue weighted by molar-refractivity contribution is 0.115. The van der Waals surface area contributed by atoms with E-state index in [2.05, 4.69) is 19.2 Å². The third-order valence-corrected chi connectivity index (χ3v) is 5.57. The van der Waals surface area contributed by atoms with Crippen LogP contribution in [0.1, 0.15) is 57.1 Å². The Bertz CT molecular complexity index is 636. The monoisotopic (exact) mass is 346 g/mol. The molecule has 2 amide bonds. The van der Waals surface area contributed by atoms with E-state index in [0.29, 0.717) is 18.3 Å². The Morgan fingerprint density at radius 1 is 1.08 bits per heavy atom. The van der Waals surface area contributed by atoms with Crippen molar-refractivity contribution in [2.75, 3.05) is 14.2 Å². The van der Waals surface area contributed by atoms with Gasteiger partial charge in [0.15, 0.2) is 11.5 Å². The van der Waals surface area contributed by atoms with E-state index in [4.69, 9.17) is 9.47 Å². The van der Waals surface area contributed by atoms with Gasteiger partial charge in [-0.3, -0.25) is 0 Å². The summed E-state index contributed by atoms with van der Waals surface area (Å²) in [4.78, 5) is 14.9. The summed E-state index contributed by atoms with van der Waals surface area (Å²) in [6, 6.07) is 4.43. The maximum absolute atomic E-state index is 12.9. The number of ether oxygens (including phenoxy) is 2. The first-order valence-electron chi connectivity index (χ1n) is 9.26. The highest BCUT2D eigenvalue weighted by Crippen LogP contribution is 2.37. The smallest absolute Gasteiger partial charge is 0.318 e. The van der Waals surface area contributed by atoms with Gasteiger partial charge in [-0.2, -0.15) is 0 Å². The van der Waals surface area contributed by atoms with Gasteiger partial charge in [-0.25, -0.2) is 4.79 Å². The molecule has 138 valence electrons. The first kappa shape index (κ1) is 17.9. The number of hydrogen-bond acceptors (Lipinski definition) is 3. The number of carbonyl (C=O) groups is 1. The Morgan fingerprint density at radius 2 is 1.68 bits per heavy atom. The Morgan fingerprint density at radius 3 is 2.28 bits per heavy atom. The van der Waals surface area contributed by atoms with Gasteiger partial charge in [-0.1, -0.05) is 19.3 Å². The van der Waals surface area contributed by atoms with E-state index in [9.17, 15) is 4.79 Å². The van der Waals surface area contributed by atoms with Crippen LogP contribution in [0.4, 0.5) is 4.79 Å². The van der Waals surface area contributed by atoms with Crippen molar-refractivity contribution in [3.05, 3.63) is 23.3 Å². The highest BCUT2D eigenvalue weighted by atomic mass is 16.5. The molecule has 0 atom stereocenters. The molecule has 0 unspecified atom stereocenters. The molecular formula is C20H30N2O3. The van der Waals surface area contributed by atoms with Crippen LogP contribution in [-0.4, -0.2) is 36.7 Å². The molecule has 2 aliphatic rings. The van der Waals surface area contributed by atoms with Crippen molar-refractivity contribution in [2.45, 2.75) is 70.5 Å². The summed E-state index contributed by atoms with van der Waals surface area (Å²) in [5.74, 6) is 1.46. The van der Waals surface area contributed by atoms with Crippen molar-refractivity contribution in [1.29, 1.82) is 0 Å². The Kier molecular flexibility index (Phi) is 5.11. The normalized spacial score (nSPS) is 19.9. The maximum Gasteiger partial charge on any atom is 0.318 e. The maximum atomic E-state index is 12.9. The number of benzene rings is 1. The zero-order valence-corrected chi connectivity index (χ0v) is 15.9. The molecule has 1 N–H and O–H groups in total. The zero-order chi connectivity index (χ0) is 18.0. The average molecular weight is 346 g/mol. The summed E-state index contributed by atoms with van der Waals surface area (Å²) in [5, 5.41) is 3.26. The van der Waals surface area contributed by atoms with Gasteiger partial charge >= 0.3 is 6.03 Å². The molecule has 0 aromatic heterocycles. The van der Waals surface area contributed by atoms with Crippen LogP contribution in [0.15, 0.2) is 12.1 Å². The van der Waals surface area contributed by atoms with Crippen LogP contribution in [-0.2, 0) is 13.0 Å². The van der Waals surface area contributed by atoms with Gasteiger partial charge in [0, 0.05) is 18.1 Å². The van der Waals surface area contributed by atoms with E-state index >= 15 is 0 Å². The number of urea groups is 1. The SMILES string of the molecule is COc1cc2c(cc1OC)CC(C)(C)N(C(=O)NC1CCCCC1)C2. The summed E-state index contributed by atoms with van der Waals surface area (Å²) >= 11 is 0. The minimum Gasteiger partial charge on any atom is -0.493 e. The third-order valence-electron chi connectivity index (χ3n) is 5.57. The van der Waals surface area contributed by atoms with Crippen molar-refractivity contribution in [2.24, 2.45) is 0 Å². The number of amides is 2. The van der Waals surface area contributed by atoms with E-state index in [0.717, 1.165) is 30.6 Å². The van der Waals surface area contributed by atoms with Gasteiger partial charge in [-0.15, -0.1) is 0 Å². The number of rotatable bonds is 3. The van der Waals surface area contributed by atoms with Crippen LogP contribution < -0.4 is 14.8 Å². The van der Waals surface area contributed by atoms with Crippen LogP contribution >= 0.6 is 0 Å². The average Bonchev–Trinajstić information content (AvgIpc) is 2.60. The first-order valence-corrected chi connectivity index (χ1v) is 9.26. The van der Waals surface area contributed by atoms with Crippen LogP contribution in [0, 0.1) is 0 Å². The molecule has 0 saturated heterocycles. The molecule has 1 heterocycles. The molecule has 3 rings (SSSR count). The van der Waals surface area contributed by atoms with E-state index in [1.54, 1.807) is 14.2 Å². The number of nitrogens with one attached hydrogen (secondary N) is 1. The van der Waals surface area contributed by atoms with Crippen molar-refractivity contribution in [1.82, 2.24) is 10.2 Å². The molecule has 1 aromatic rings. The topological polar surface area (TPSA) is 50.8 Å². The molecule has 1 aliphatic carbocycles. The lowest BCUT2D eigenvalue weighted by Gasteiger charge is -2.44. The molecule has 1 aromatic carbocycles. The molecule has 0 radical (unpaired) electrons. The van der Waals surface area contributed by atoms with Gasteiger partial charge in [0.1, 0.15) is 0 Å². The molecule has 5 heteroatoms. The quantitative estimate of drug-likeness (QED) is 0.903. The van der Waals surface area contributed by atoms with Gasteiger partial charge in [0.2, 0.25) is 0 Å². The third kappa shape index (κ3) is 3.70. The molecule has 0 bridgehead atoms. The number of hydrogen-bond donors (Lipinski definition) is 1. The minimum atomic E-state index is -0.231. The molecular weight excluding hydrogens is 316 g/mol. The van der Waals surface area contributed by atoms with Gasteiger partial charge in [-0.05, 0) is 56.4 Å². The van der Waals surface area contributed by atoms with Crippen molar-refractivity contribution < 1.29 is 14.3 Å². The largest absolute Gasteiger partial charge is 0.493 e. The van der Waals surface area contributed by atoms with Crippen molar-refractivity contribution in [3.63, 3.8) is 0 Å². The highest BCUT2D eigenvalue weighted by molar-refractivity contribution is 5.76. The molecule has 25 heavy (non-hydrogen) atoms. The van der Waals surface area contributed by atoms with Crippen LogP contribution in [0.2, 0.25) is 0 Å². The van der Waals surface area contributed by atoms with Crippen LogP contribution in [0.5, 0.6) is 11.5 Å². The van der Waals surface area contributed by atoms with Crippen molar-refractivity contribution >= 4 is 6.03 Å². The molecule has 1 saturated carbocycles. The summed E-state index contributed by atoms with van der Waals surface area (Å²) in [5.41, 5.74) is 2.13. The lowest BCUT2D eigenvalue weighted by atomic mass is 9.85. The second kappa shape index (κ2) is 7.14. The Balaban J connectivity index is 1.81. The summed E-state index contributed by atoms with van der Waals surface area (Å²) < 4.78 is 10.9. The van der Waals surface area contributed by atoms with Gasteiger partial charge in [0.25, 0.3) is 0 Å². The van der Waals surface area contributed by atoms with E-state index in [1.807, 2.05) is 17.0 Å². The van der Waals surface area contributed by atoms with E-state index < -0.39 is 0 Å². The van der Waals surface area contributed by atoms with E-state index in [1.165, 1.54) is 24.8 Å². The molecule has 1 aliphatic heterocycles. The predicted molar refractivity (Wildman–Crippen MR) is 98.3 cm³/mol. The molecule has 5 nitrogen and oxygen atoms in total. The molecule has 1 fully saturated rings. The highest BCUT2D eigenvalue weighted by Gasteiger charge is 2.37. The number of carbonyl (C=O) groups excluding carboxylic acids is 1. The minimum absolute atomic E-state index is 0.0531. The van der Waals surface area contributed by atoms with E-state index in [-0.39, 0.29) is 11.6 Å². The lowest BCUT2D eigenvalue weighted by Crippen LogP contribution is -2.56.